The fourth-order valence-corrected chi connectivity index (χ4v) is 7.28. The molecule has 0 saturated heterocycles. The van der Waals surface area contributed by atoms with Crippen molar-refractivity contribution in [2.45, 2.75) is 83.8 Å². The third-order valence-electron chi connectivity index (χ3n) is 8.40. The Bertz CT molecular complexity index is 746. The van der Waals surface area contributed by atoms with Crippen LogP contribution in [0, 0.1) is 41.4 Å². The second-order valence-corrected chi connectivity index (χ2v) is 9.61. The summed E-state index contributed by atoms with van der Waals surface area (Å²) in [6.07, 6.45) is 16.5. The molecule has 0 aliphatic heterocycles. The fraction of sp³-hybridized carbons (Fsp3) is 0.750. The van der Waals surface area contributed by atoms with Gasteiger partial charge in [-0.1, -0.05) is 18.4 Å². The van der Waals surface area contributed by atoms with Gasteiger partial charge < -0.3 is 9.47 Å². The average Bonchev–Trinajstić information content (AvgIpc) is 2.93. The molecule has 0 N–H and O–H groups in total. The highest BCUT2D eigenvalue weighted by atomic mass is 16.6. The number of ether oxygens (including phenoxy) is 2. The Morgan fingerprint density at radius 1 is 1.07 bits per heavy atom. The van der Waals surface area contributed by atoms with Crippen LogP contribution in [-0.2, 0) is 19.1 Å². The Morgan fingerprint density at radius 3 is 2.54 bits per heavy atom. The highest BCUT2D eigenvalue weighted by molar-refractivity contribution is 5.67. The van der Waals surface area contributed by atoms with Crippen molar-refractivity contribution >= 4 is 11.9 Å². The van der Waals surface area contributed by atoms with Gasteiger partial charge in [-0.3, -0.25) is 9.59 Å². The minimum Gasteiger partial charge on any atom is -0.458 e. The molecule has 4 aliphatic carbocycles. The third-order valence-corrected chi connectivity index (χ3v) is 8.40. The number of hydrogen-bond donors (Lipinski definition) is 0. The summed E-state index contributed by atoms with van der Waals surface area (Å²) in [6.45, 7) is 5.23. The molecule has 4 aliphatic rings. The van der Waals surface area contributed by atoms with Gasteiger partial charge in [-0.2, -0.15) is 0 Å². The Hall–Kier alpha value is -1.76. The van der Waals surface area contributed by atoms with Crippen molar-refractivity contribution in [3.8, 4) is 12.3 Å². The summed E-state index contributed by atoms with van der Waals surface area (Å²) < 4.78 is 11.3. The van der Waals surface area contributed by atoms with Gasteiger partial charge in [0.2, 0.25) is 0 Å². The summed E-state index contributed by atoms with van der Waals surface area (Å²) in [7, 11) is 0. The molecule has 152 valence electrons. The topological polar surface area (TPSA) is 52.6 Å². The molecule has 0 heterocycles. The van der Waals surface area contributed by atoms with Crippen LogP contribution in [0.1, 0.15) is 72.1 Å². The number of carbonyl (C=O) groups is 2. The third kappa shape index (κ3) is 2.90. The van der Waals surface area contributed by atoms with Crippen molar-refractivity contribution in [1.29, 1.82) is 0 Å². The maximum Gasteiger partial charge on any atom is 0.304 e. The monoisotopic (exact) mass is 384 g/mol. The van der Waals surface area contributed by atoms with Crippen molar-refractivity contribution in [3.63, 3.8) is 0 Å². The molecule has 0 radical (unpaired) electrons. The van der Waals surface area contributed by atoms with E-state index >= 15 is 0 Å². The smallest absolute Gasteiger partial charge is 0.304 e. The van der Waals surface area contributed by atoms with Crippen LogP contribution in [0.3, 0.4) is 0 Å². The normalized spacial score (nSPS) is 44.2. The molecular formula is C24H32O4. The molecule has 4 nitrogen and oxygen atoms in total. The van der Waals surface area contributed by atoms with E-state index in [4.69, 9.17) is 15.9 Å². The molecule has 0 spiro atoms. The minimum absolute atomic E-state index is 0.0429. The molecule has 3 saturated carbocycles. The molecule has 3 fully saturated rings. The zero-order valence-corrected chi connectivity index (χ0v) is 17.3. The number of allylic oxidation sites excluding steroid dienone is 1. The van der Waals surface area contributed by atoms with Gasteiger partial charge in [-0.25, -0.2) is 0 Å². The Kier molecular flexibility index (Phi) is 4.84. The van der Waals surface area contributed by atoms with Gasteiger partial charge in [0, 0.05) is 19.3 Å². The summed E-state index contributed by atoms with van der Waals surface area (Å²) in [4.78, 5) is 23.1. The standard InChI is InChI=1S/C24H32O4/c1-5-24(28-16(3)26)13-11-22-21-8-6-17-14-18(27-15(2)25)7-9-19(17)20(21)10-12-23(22,24)4/h1,14,18-22H,6-13H2,2-4H3/t18-,19-,20+,21+,22+,23-,24-/m0/s1. The number of hydrogen-bond acceptors (Lipinski definition) is 4. The van der Waals surface area contributed by atoms with Crippen LogP contribution >= 0.6 is 0 Å². The van der Waals surface area contributed by atoms with E-state index in [1.54, 1.807) is 0 Å². The molecular weight excluding hydrogens is 352 g/mol. The number of fused-ring (bicyclic) bond motifs is 5. The molecule has 0 aromatic rings. The fourth-order valence-electron chi connectivity index (χ4n) is 7.28. The molecule has 0 aromatic heterocycles. The second-order valence-electron chi connectivity index (χ2n) is 9.61. The number of rotatable bonds is 2. The predicted octanol–water partition coefficient (Wildman–Crippen LogP) is 4.43. The zero-order valence-electron chi connectivity index (χ0n) is 17.3. The Balaban J connectivity index is 1.57. The van der Waals surface area contributed by atoms with Gasteiger partial charge in [0.1, 0.15) is 6.10 Å². The van der Waals surface area contributed by atoms with Crippen molar-refractivity contribution in [2.24, 2.45) is 29.1 Å². The van der Waals surface area contributed by atoms with Crippen LogP contribution in [0.5, 0.6) is 0 Å². The predicted molar refractivity (Wildman–Crippen MR) is 106 cm³/mol. The van der Waals surface area contributed by atoms with Gasteiger partial charge >= 0.3 is 11.9 Å². The molecule has 4 heteroatoms. The summed E-state index contributed by atoms with van der Waals surface area (Å²) in [5.74, 6) is 4.94. The molecule has 0 aromatic carbocycles. The maximum atomic E-state index is 11.8. The summed E-state index contributed by atoms with van der Waals surface area (Å²) in [5.41, 5.74) is 0.644. The Morgan fingerprint density at radius 2 is 1.86 bits per heavy atom. The summed E-state index contributed by atoms with van der Waals surface area (Å²) in [6, 6.07) is 0. The lowest BCUT2D eigenvalue weighted by Gasteiger charge is -2.55. The molecule has 28 heavy (non-hydrogen) atoms. The van der Waals surface area contributed by atoms with E-state index in [1.807, 2.05) is 0 Å². The lowest BCUT2D eigenvalue weighted by Crippen LogP contribution is -2.53. The first kappa shape index (κ1) is 19.6. The van der Waals surface area contributed by atoms with Crippen LogP contribution < -0.4 is 0 Å². The first-order chi connectivity index (χ1) is 13.3. The number of esters is 2. The van der Waals surface area contributed by atoms with E-state index in [1.165, 1.54) is 25.8 Å². The van der Waals surface area contributed by atoms with Gasteiger partial charge in [0.15, 0.2) is 5.60 Å². The van der Waals surface area contributed by atoms with E-state index in [-0.39, 0.29) is 23.5 Å². The quantitative estimate of drug-likeness (QED) is 0.402. The lowest BCUT2D eigenvalue weighted by molar-refractivity contribution is -0.167. The number of terminal acetylenes is 1. The summed E-state index contributed by atoms with van der Waals surface area (Å²) in [5, 5.41) is 0. The van der Waals surface area contributed by atoms with Gasteiger partial charge in [-0.05, 0) is 81.1 Å². The van der Waals surface area contributed by atoms with Crippen LogP contribution in [0.25, 0.3) is 0 Å². The Labute approximate surface area is 168 Å². The lowest BCUT2D eigenvalue weighted by atomic mass is 9.50. The van der Waals surface area contributed by atoms with Crippen LogP contribution in [0.2, 0.25) is 0 Å². The summed E-state index contributed by atoms with van der Waals surface area (Å²) >= 11 is 0. The van der Waals surface area contributed by atoms with Crippen LogP contribution in [0.4, 0.5) is 0 Å². The van der Waals surface area contributed by atoms with Crippen molar-refractivity contribution in [3.05, 3.63) is 11.6 Å². The van der Waals surface area contributed by atoms with Crippen molar-refractivity contribution in [1.82, 2.24) is 0 Å². The van der Waals surface area contributed by atoms with Crippen molar-refractivity contribution < 1.29 is 19.1 Å². The number of carbonyl (C=O) groups excluding carboxylic acids is 2. The average molecular weight is 385 g/mol. The van der Waals surface area contributed by atoms with E-state index in [9.17, 15) is 9.59 Å². The van der Waals surface area contributed by atoms with Gasteiger partial charge in [0.25, 0.3) is 0 Å². The minimum atomic E-state index is -0.739. The maximum absolute atomic E-state index is 11.8. The second kappa shape index (κ2) is 6.94. The first-order valence-electron chi connectivity index (χ1n) is 10.8. The largest absolute Gasteiger partial charge is 0.458 e. The van der Waals surface area contributed by atoms with E-state index < -0.39 is 5.60 Å². The van der Waals surface area contributed by atoms with E-state index in [0.717, 1.165) is 44.9 Å². The van der Waals surface area contributed by atoms with E-state index in [0.29, 0.717) is 23.7 Å². The van der Waals surface area contributed by atoms with Gasteiger partial charge in [0.05, 0.1) is 0 Å². The molecule has 0 unspecified atom stereocenters. The molecule has 0 amide bonds. The van der Waals surface area contributed by atoms with Crippen molar-refractivity contribution in [2.75, 3.05) is 0 Å². The highest BCUT2D eigenvalue weighted by Crippen LogP contribution is 2.65. The first-order valence-corrected chi connectivity index (χ1v) is 10.8. The highest BCUT2D eigenvalue weighted by Gasteiger charge is 2.64. The zero-order chi connectivity index (χ0) is 20.1. The SMILES string of the molecule is C#C[C@]1(OC(C)=O)CC[C@@H]2[C@@H]3CCC4=C[C@@H](OC(C)=O)CC[C@@H]4[C@H]3CC[C@@]21C. The van der Waals surface area contributed by atoms with Gasteiger partial charge in [-0.15, -0.1) is 6.42 Å². The molecule has 4 rings (SSSR count). The van der Waals surface area contributed by atoms with Crippen LogP contribution in [-0.4, -0.2) is 23.6 Å². The van der Waals surface area contributed by atoms with E-state index in [2.05, 4.69) is 18.9 Å². The van der Waals surface area contributed by atoms with Crippen LogP contribution in [0.15, 0.2) is 11.6 Å². The molecule has 0 bridgehead atoms. The molecule has 7 atom stereocenters.